The third kappa shape index (κ3) is 18.7. The van der Waals surface area contributed by atoms with Gasteiger partial charge in [0.15, 0.2) is 0 Å². The number of rotatable bonds is 21. The summed E-state index contributed by atoms with van der Waals surface area (Å²) < 4.78 is 5.36. The molecule has 51 heavy (non-hydrogen) atoms. The van der Waals surface area contributed by atoms with Gasteiger partial charge in [0.25, 0.3) is 0 Å². The number of hydrogen-bond acceptors (Lipinski definition) is 8. The van der Waals surface area contributed by atoms with Gasteiger partial charge in [0.2, 0.25) is 23.6 Å². The first-order valence-corrected chi connectivity index (χ1v) is 19.5. The highest BCUT2D eigenvalue weighted by atomic mass is 32.2. The fourth-order valence-corrected chi connectivity index (χ4v) is 5.86. The van der Waals surface area contributed by atoms with Crippen LogP contribution in [-0.2, 0) is 30.5 Å². The molecule has 0 fully saturated rings. The van der Waals surface area contributed by atoms with Gasteiger partial charge < -0.3 is 36.4 Å². The van der Waals surface area contributed by atoms with Crippen LogP contribution in [0.25, 0.3) is 0 Å². The van der Waals surface area contributed by atoms with E-state index in [4.69, 9.17) is 4.74 Å². The molecular weight excluding hydrogens is 671 g/mol. The van der Waals surface area contributed by atoms with E-state index in [0.29, 0.717) is 31.6 Å². The Morgan fingerprint density at radius 1 is 0.745 bits per heavy atom. The summed E-state index contributed by atoms with van der Waals surface area (Å²) in [4.78, 5) is 66.1. The van der Waals surface area contributed by atoms with Gasteiger partial charge in [-0.25, -0.2) is 4.79 Å². The average Bonchev–Trinajstić information content (AvgIpc) is 3.02. The lowest BCUT2D eigenvalue weighted by Crippen LogP contribution is -2.57. The highest BCUT2D eigenvalue weighted by Gasteiger charge is 2.33. The smallest absolute Gasteiger partial charge is 0.408 e. The Kier molecular flexibility index (Phi) is 20.2. The molecule has 0 unspecified atom stereocenters. The molecule has 1 aromatic carbocycles. The number of aliphatic hydroxyl groups is 1. The lowest BCUT2D eigenvalue weighted by atomic mass is 9.91. The van der Waals surface area contributed by atoms with Gasteiger partial charge in [0, 0.05) is 12.5 Å². The van der Waals surface area contributed by atoms with Crippen molar-refractivity contribution >= 4 is 41.5 Å². The molecule has 6 atom stereocenters. The van der Waals surface area contributed by atoms with E-state index >= 15 is 0 Å². The van der Waals surface area contributed by atoms with Crippen molar-refractivity contribution in [1.29, 1.82) is 0 Å². The molecule has 0 radical (unpaired) electrons. The Morgan fingerprint density at radius 2 is 1.33 bits per heavy atom. The molecule has 12 nitrogen and oxygen atoms in total. The van der Waals surface area contributed by atoms with Crippen molar-refractivity contribution in [2.45, 2.75) is 137 Å². The third-order valence-electron chi connectivity index (χ3n) is 8.07. The van der Waals surface area contributed by atoms with E-state index in [1.54, 1.807) is 27.7 Å². The zero-order valence-electron chi connectivity index (χ0n) is 32.6. The third-order valence-corrected chi connectivity index (χ3v) is 8.72. The first kappa shape index (κ1) is 45.7. The van der Waals surface area contributed by atoms with Crippen LogP contribution in [0.4, 0.5) is 4.79 Å². The van der Waals surface area contributed by atoms with Crippen molar-refractivity contribution in [3.63, 3.8) is 0 Å². The second-order valence-corrected chi connectivity index (χ2v) is 16.5. The molecule has 0 spiro atoms. The van der Waals surface area contributed by atoms with Crippen LogP contribution in [0.15, 0.2) is 30.3 Å². The van der Waals surface area contributed by atoms with Crippen molar-refractivity contribution in [3.05, 3.63) is 35.9 Å². The predicted octanol–water partition coefficient (Wildman–Crippen LogP) is 4.54. The van der Waals surface area contributed by atoms with E-state index in [2.05, 4.69) is 26.6 Å². The van der Waals surface area contributed by atoms with Crippen LogP contribution in [0, 0.1) is 23.7 Å². The minimum atomic E-state index is -1.08. The van der Waals surface area contributed by atoms with Crippen LogP contribution in [0.2, 0.25) is 0 Å². The van der Waals surface area contributed by atoms with Crippen molar-refractivity contribution in [3.8, 4) is 0 Å². The quantitative estimate of drug-likeness (QED) is 0.107. The number of alkyl carbamates (subject to hydrolysis) is 1. The molecule has 0 aromatic heterocycles. The van der Waals surface area contributed by atoms with E-state index in [-0.39, 0.29) is 36.0 Å². The summed E-state index contributed by atoms with van der Waals surface area (Å²) >= 11 is 1.53. The van der Waals surface area contributed by atoms with Crippen LogP contribution >= 0.6 is 11.8 Å². The first-order chi connectivity index (χ1) is 23.7. The number of ether oxygens (including phenoxy) is 1. The van der Waals surface area contributed by atoms with Crippen molar-refractivity contribution < 1.29 is 33.8 Å². The number of nitrogens with one attached hydrogen (secondary N) is 5. The van der Waals surface area contributed by atoms with Crippen molar-refractivity contribution in [2.75, 3.05) is 12.0 Å². The van der Waals surface area contributed by atoms with E-state index in [1.807, 2.05) is 78.1 Å². The Bertz CT molecular complexity index is 1240. The SMILES string of the molecule is CSCC[C@H](NC(=O)[C@H](CC(C)C)NC(=O)OC(C)(C)C)C(=O)N[C@@H](CC(C)C)[C@@H](O)C[C@@H](C)C(=O)N[C@H](C(=O)NCc1ccccc1)C(C)C. The topological polar surface area (TPSA) is 175 Å². The second-order valence-electron chi connectivity index (χ2n) is 15.6. The number of carbonyl (C=O) groups excluding carboxylic acids is 5. The summed E-state index contributed by atoms with van der Waals surface area (Å²) in [6.45, 7) is 18.7. The van der Waals surface area contributed by atoms with Crippen LogP contribution in [-0.4, -0.2) is 82.7 Å². The van der Waals surface area contributed by atoms with Crippen LogP contribution in [0.1, 0.15) is 100 Å². The molecule has 0 aliphatic rings. The molecule has 0 aliphatic heterocycles. The summed E-state index contributed by atoms with van der Waals surface area (Å²) in [6.07, 6.45) is 1.22. The number of carbonyl (C=O) groups is 5. The monoisotopic (exact) mass is 735 g/mol. The molecule has 0 bridgehead atoms. The fraction of sp³-hybridized carbons (Fsp3) is 0.711. The predicted molar refractivity (Wildman–Crippen MR) is 204 cm³/mol. The maximum Gasteiger partial charge on any atom is 0.408 e. The number of aliphatic hydroxyl groups excluding tert-OH is 1. The normalized spacial score (nSPS) is 15.3. The molecule has 0 aliphatic carbocycles. The standard InChI is InChI=1S/C38H65N5O7S/c1-23(2)19-29(31(44)21-26(7)33(45)43-32(25(5)6)36(48)39-22-27-15-13-12-14-16-27)41-34(46)28(17-18-51-11)40-35(47)30(20-24(3)4)42-37(49)50-38(8,9)10/h12-16,23-26,28-32,44H,17-22H2,1-11H3,(H,39,48)(H,40,47)(H,41,46)(H,42,49)(H,43,45)/t26-,28+,29+,30+,31+,32+/m1/s1. The van der Waals surface area contributed by atoms with Crippen LogP contribution in [0.5, 0.6) is 0 Å². The molecule has 6 N–H and O–H groups in total. The van der Waals surface area contributed by atoms with Gasteiger partial charge in [-0.1, -0.05) is 78.8 Å². The molecule has 13 heteroatoms. The molecule has 5 amide bonds. The van der Waals surface area contributed by atoms with Crippen molar-refractivity contribution in [1.82, 2.24) is 26.6 Å². The molecule has 290 valence electrons. The van der Waals surface area contributed by atoms with Gasteiger partial charge in [0.1, 0.15) is 23.7 Å². The first-order valence-electron chi connectivity index (χ1n) is 18.1. The van der Waals surface area contributed by atoms with Gasteiger partial charge in [-0.05, 0) is 81.8 Å². The van der Waals surface area contributed by atoms with E-state index in [0.717, 1.165) is 5.56 Å². The van der Waals surface area contributed by atoms with Gasteiger partial charge in [-0.2, -0.15) is 11.8 Å². The van der Waals surface area contributed by atoms with E-state index < -0.39 is 59.7 Å². The highest BCUT2D eigenvalue weighted by Crippen LogP contribution is 2.18. The van der Waals surface area contributed by atoms with Crippen LogP contribution in [0.3, 0.4) is 0 Å². The summed E-state index contributed by atoms with van der Waals surface area (Å²) in [5, 5.41) is 25.5. The number of hydrogen-bond donors (Lipinski definition) is 6. The Hall–Kier alpha value is -3.32. The van der Waals surface area contributed by atoms with Gasteiger partial charge in [0.05, 0.1) is 12.1 Å². The second kappa shape index (κ2) is 22.6. The highest BCUT2D eigenvalue weighted by molar-refractivity contribution is 7.98. The number of benzene rings is 1. The minimum Gasteiger partial charge on any atom is -0.444 e. The molecule has 1 aromatic rings. The molecule has 0 saturated carbocycles. The Labute approximate surface area is 310 Å². The Morgan fingerprint density at radius 3 is 1.86 bits per heavy atom. The zero-order chi connectivity index (χ0) is 38.9. The van der Waals surface area contributed by atoms with Crippen LogP contribution < -0.4 is 26.6 Å². The minimum absolute atomic E-state index is 0.0397. The molecular formula is C38H65N5O7S. The van der Waals surface area contributed by atoms with Gasteiger partial charge in [-0.15, -0.1) is 0 Å². The van der Waals surface area contributed by atoms with Crippen molar-refractivity contribution in [2.24, 2.45) is 23.7 Å². The summed E-state index contributed by atoms with van der Waals surface area (Å²) in [5.74, 6) is -1.74. The van der Waals surface area contributed by atoms with Gasteiger partial charge >= 0.3 is 6.09 Å². The maximum absolute atomic E-state index is 13.7. The van der Waals surface area contributed by atoms with Gasteiger partial charge in [-0.3, -0.25) is 19.2 Å². The zero-order valence-corrected chi connectivity index (χ0v) is 33.4. The summed E-state index contributed by atoms with van der Waals surface area (Å²) in [7, 11) is 0. The number of thioether (sulfide) groups is 1. The summed E-state index contributed by atoms with van der Waals surface area (Å²) in [5.41, 5.74) is 0.194. The average molecular weight is 736 g/mol. The number of amides is 5. The maximum atomic E-state index is 13.7. The lowest BCUT2D eigenvalue weighted by Gasteiger charge is -2.30. The van der Waals surface area contributed by atoms with E-state index in [1.165, 1.54) is 11.8 Å². The molecule has 0 saturated heterocycles. The summed E-state index contributed by atoms with van der Waals surface area (Å²) in [6, 6.07) is 6.18. The fourth-order valence-electron chi connectivity index (χ4n) is 5.39. The molecule has 0 heterocycles. The Balaban J connectivity index is 3.03. The largest absolute Gasteiger partial charge is 0.444 e. The lowest BCUT2D eigenvalue weighted by molar-refractivity contribution is -0.133. The van der Waals surface area contributed by atoms with E-state index in [9.17, 15) is 29.1 Å². The molecule has 1 rings (SSSR count).